The van der Waals surface area contributed by atoms with Crippen molar-refractivity contribution in [1.29, 1.82) is 0 Å². The number of aromatic nitrogens is 2. The standard InChI is InChI=1S/C35H32N6O3/c42-29-17-34(18-30(43)40-11-1-2-12-40)20-41(28-7-3-6-26(38-29)31(28)34)19-24-9-8-21-13-22-15-35(16-23(22)14-27(21)37-24)25-5-4-10-36-32(25)39-33(35)44/h3-10,13-14H,1-2,11-12,15-20H2,(H,38,42)(H,36,39,44). The van der Waals surface area contributed by atoms with Gasteiger partial charge in [-0.05, 0) is 73.2 Å². The molecule has 3 amide bonds. The van der Waals surface area contributed by atoms with Crippen molar-refractivity contribution in [3.8, 4) is 0 Å². The fraction of sp³-hybridized carbons (Fsp3) is 0.343. The average Bonchev–Trinajstić information content (AvgIpc) is 3.78. The number of nitrogens with zero attached hydrogens (tertiary/aromatic N) is 4. The monoisotopic (exact) mass is 584 g/mol. The topological polar surface area (TPSA) is 108 Å². The predicted molar refractivity (Wildman–Crippen MR) is 167 cm³/mol. The molecule has 2 unspecified atom stereocenters. The molecule has 1 saturated heterocycles. The zero-order valence-corrected chi connectivity index (χ0v) is 24.4. The number of likely N-dealkylation sites (tertiary alicyclic amines) is 1. The van der Waals surface area contributed by atoms with E-state index in [9.17, 15) is 14.4 Å². The molecule has 0 saturated carbocycles. The molecule has 1 fully saturated rings. The molecule has 6 heterocycles. The Kier molecular flexibility index (Phi) is 5.32. The summed E-state index contributed by atoms with van der Waals surface area (Å²) in [6, 6.07) is 18.5. The fourth-order valence-electron chi connectivity index (χ4n) is 8.58. The van der Waals surface area contributed by atoms with Crippen molar-refractivity contribution in [1.82, 2.24) is 14.9 Å². The van der Waals surface area contributed by atoms with Gasteiger partial charge in [-0.2, -0.15) is 0 Å². The Balaban J connectivity index is 1.03. The van der Waals surface area contributed by atoms with Crippen LogP contribution in [0.3, 0.4) is 0 Å². The van der Waals surface area contributed by atoms with Crippen LogP contribution in [0.2, 0.25) is 0 Å². The number of benzene rings is 2. The third kappa shape index (κ3) is 3.68. The highest BCUT2D eigenvalue weighted by atomic mass is 16.2. The number of pyridine rings is 2. The van der Waals surface area contributed by atoms with Crippen molar-refractivity contribution >= 4 is 45.8 Å². The second-order valence-corrected chi connectivity index (χ2v) is 13.2. The maximum absolute atomic E-state index is 13.4. The second-order valence-electron chi connectivity index (χ2n) is 13.2. The zero-order valence-electron chi connectivity index (χ0n) is 24.4. The Morgan fingerprint density at radius 1 is 0.932 bits per heavy atom. The van der Waals surface area contributed by atoms with Gasteiger partial charge in [0.2, 0.25) is 17.7 Å². The summed E-state index contributed by atoms with van der Waals surface area (Å²) in [5.41, 5.74) is 6.95. The van der Waals surface area contributed by atoms with Crippen LogP contribution in [0.4, 0.5) is 17.2 Å². The van der Waals surface area contributed by atoms with Gasteiger partial charge in [0, 0.05) is 72.0 Å². The van der Waals surface area contributed by atoms with E-state index >= 15 is 0 Å². The number of carbonyl (C=O) groups is 3. The lowest BCUT2D eigenvalue weighted by atomic mass is 9.73. The van der Waals surface area contributed by atoms with Crippen LogP contribution in [0, 0.1) is 0 Å². The molecule has 5 aliphatic rings. The minimum absolute atomic E-state index is 0.0178. The molecular weight excluding hydrogens is 552 g/mol. The first kappa shape index (κ1) is 25.7. The van der Waals surface area contributed by atoms with Crippen LogP contribution in [0.5, 0.6) is 0 Å². The molecule has 220 valence electrons. The number of hydrogen-bond acceptors (Lipinski definition) is 6. The maximum Gasteiger partial charge on any atom is 0.237 e. The fourth-order valence-corrected chi connectivity index (χ4v) is 8.58. The summed E-state index contributed by atoms with van der Waals surface area (Å²) in [5.74, 6) is 0.799. The Labute approximate surface area is 254 Å². The molecule has 9 nitrogen and oxygen atoms in total. The molecule has 2 N–H and O–H groups in total. The van der Waals surface area contributed by atoms with Gasteiger partial charge >= 0.3 is 0 Å². The van der Waals surface area contributed by atoms with E-state index in [1.807, 2.05) is 29.2 Å². The molecule has 0 bridgehead atoms. The third-order valence-corrected chi connectivity index (χ3v) is 10.5. The number of rotatable bonds is 4. The summed E-state index contributed by atoms with van der Waals surface area (Å²) in [4.78, 5) is 53.3. The highest BCUT2D eigenvalue weighted by Gasteiger charge is 2.52. The normalized spacial score (nSPS) is 24.5. The molecule has 2 aromatic heterocycles. The molecule has 4 aromatic rings. The van der Waals surface area contributed by atoms with Gasteiger partial charge in [0.25, 0.3) is 0 Å². The van der Waals surface area contributed by atoms with E-state index in [0.29, 0.717) is 44.6 Å². The van der Waals surface area contributed by atoms with Gasteiger partial charge in [0.15, 0.2) is 0 Å². The quantitative estimate of drug-likeness (QED) is 0.372. The summed E-state index contributed by atoms with van der Waals surface area (Å²) in [6.07, 6.45) is 5.73. The van der Waals surface area contributed by atoms with Crippen LogP contribution < -0.4 is 15.5 Å². The summed E-state index contributed by atoms with van der Waals surface area (Å²) >= 11 is 0. The van der Waals surface area contributed by atoms with Crippen LogP contribution in [-0.2, 0) is 44.6 Å². The van der Waals surface area contributed by atoms with Crippen molar-refractivity contribution in [2.24, 2.45) is 0 Å². The lowest BCUT2D eigenvalue weighted by Gasteiger charge is -2.35. The smallest absolute Gasteiger partial charge is 0.237 e. The van der Waals surface area contributed by atoms with E-state index in [1.54, 1.807) is 6.20 Å². The number of anilines is 3. The number of nitrogens with one attached hydrogen (secondary N) is 2. The van der Waals surface area contributed by atoms with Gasteiger partial charge in [-0.25, -0.2) is 4.98 Å². The lowest BCUT2D eigenvalue weighted by Crippen LogP contribution is -2.44. The molecular formula is C35H32N6O3. The van der Waals surface area contributed by atoms with Crippen LogP contribution in [0.15, 0.2) is 60.8 Å². The molecule has 44 heavy (non-hydrogen) atoms. The maximum atomic E-state index is 13.4. The van der Waals surface area contributed by atoms with Crippen molar-refractivity contribution in [2.75, 3.05) is 35.2 Å². The number of carbonyl (C=O) groups excluding carboxylic acids is 3. The molecule has 1 spiro atoms. The predicted octanol–water partition coefficient (Wildman–Crippen LogP) is 4.23. The molecule has 9 heteroatoms. The highest BCUT2D eigenvalue weighted by molar-refractivity contribution is 6.06. The Bertz CT molecular complexity index is 1930. The van der Waals surface area contributed by atoms with Crippen LogP contribution in [-0.4, -0.2) is 52.2 Å². The number of hydrogen-bond donors (Lipinski definition) is 2. The largest absolute Gasteiger partial charge is 0.364 e. The molecule has 0 radical (unpaired) electrons. The third-order valence-electron chi connectivity index (χ3n) is 10.5. The van der Waals surface area contributed by atoms with E-state index in [2.05, 4.69) is 50.8 Å². The summed E-state index contributed by atoms with van der Waals surface area (Å²) in [6.45, 7) is 2.78. The minimum atomic E-state index is -0.614. The SMILES string of the molecule is O=C1CC2(CC(=O)N3CCCC3)CN(Cc3ccc4cc5c(cc4n3)CC3(C5)C(=O)Nc4ncccc43)c3cccc(c32)N1. The second kappa shape index (κ2) is 9.11. The Morgan fingerprint density at radius 2 is 1.77 bits per heavy atom. The van der Waals surface area contributed by atoms with Gasteiger partial charge in [-0.1, -0.05) is 18.2 Å². The molecule has 2 atom stereocenters. The molecule has 4 aliphatic heterocycles. The van der Waals surface area contributed by atoms with E-state index in [0.717, 1.165) is 70.6 Å². The Morgan fingerprint density at radius 3 is 2.64 bits per heavy atom. The zero-order chi connectivity index (χ0) is 29.6. The number of amides is 3. The van der Waals surface area contributed by atoms with Crippen LogP contribution >= 0.6 is 0 Å². The minimum Gasteiger partial charge on any atom is -0.364 e. The highest BCUT2D eigenvalue weighted by Crippen LogP contribution is 2.52. The molecule has 9 rings (SSSR count). The lowest BCUT2D eigenvalue weighted by molar-refractivity contribution is -0.131. The molecule has 2 aromatic carbocycles. The molecule has 1 aliphatic carbocycles. The van der Waals surface area contributed by atoms with Gasteiger partial charge in [0.1, 0.15) is 5.82 Å². The van der Waals surface area contributed by atoms with Gasteiger partial charge < -0.3 is 20.4 Å². The van der Waals surface area contributed by atoms with Crippen molar-refractivity contribution in [2.45, 2.75) is 55.9 Å². The van der Waals surface area contributed by atoms with Crippen molar-refractivity contribution < 1.29 is 14.4 Å². The first-order chi connectivity index (χ1) is 21.4. The first-order valence-corrected chi connectivity index (χ1v) is 15.6. The van der Waals surface area contributed by atoms with Crippen molar-refractivity contribution in [3.63, 3.8) is 0 Å². The summed E-state index contributed by atoms with van der Waals surface area (Å²) < 4.78 is 0. The van der Waals surface area contributed by atoms with Gasteiger partial charge in [-0.15, -0.1) is 0 Å². The Hall–Kier alpha value is -4.79. The number of fused-ring (bicyclic) bond motifs is 4. The van der Waals surface area contributed by atoms with Gasteiger partial charge in [-0.3, -0.25) is 19.4 Å². The summed E-state index contributed by atoms with van der Waals surface area (Å²) in [5, 5.41) is 7.11. The van der Waals surface area contributed by atoms with E-state index in [1.165, 1.54) is 5.56 Å². The van der Waals surface area contributed by atoms with Crippen LogP contribution in [0.25, 0.3) is 10.9 Å². The van der Waals surface area contributed by atoms with Gasteiger partial charge in [0.05, 0.1) is 23.2 Å². The van der Waals surface area contributed by atoms with E-state index in [4.69, 9.17) is 4.98 Å². The van der Waals surface area contributed by atoms with E-state index < -0.39 is 10.8 Å². The average molecular weight is 585 g/mol. The summed E-state index contributed by atoms with van der Waals surface area (Å²) in [7, 11) is 0. The first-order valence-electron chi connectivity index (χ1n) is 15.6. The van der Waals surface area contributed by atoms with Crippen LogP contribution in [0.1, 0.15) is 53.6 Å². The van der Waals surface area contributed by atoms with E-state index in [-0.39, 0.29) is 17.7 Å². The van der Waals surface area contributed by atoms with Crippen molar-refractivity contribution in [3.05, 3.63) is 88.7 Å².